The van der Waals surface area contributed by atoms with Gasteiger partial charge in [-0.15, -0.1) is 0 Å². The molecule has 0 radical (unpaired) electrons. The van der Waals surface area contributed by atoms with Gasteiger partial charge in [-0.3, -0.25) is 4.79 Å². The molecule has 1 unspecified atom stereocenters. The normalized spacial score (nSPS) is 17.5. The Balaban J connectivity index is 1.82. The summed E-state index contributed by atoms with van der Waals surface area (Å²) in [6.45, 7) is 3.42. The van der Waals surface area contributed by atoms with Crippen molar-refractivity contribution in [3.05, 3.63) is 0 Å². The monoisotopic (exact) mass is 214 g/mol. The van der Waals surface area contributed by atoms with Crippen molar-refractivity contribution in [2.75, 3.05) is 13.1 Å². The van der Waals surface area contributed by atoms with Crippen LogP contribution in [-0.4, -0.2) is 36.2 Å². The van der Waals surface area contributed by atoms with Gasteiger partial charge in [-0.05, 0) is 39.2 Å². The average Bonchev–Trinajstić information content (AvgIpc) is 2.98. The Hall–Kier alpha value is -0.610. The second-order valence-corrected chi connectivity index (χ2v) is 4.32. The van der Waals surface area contributed by atoms with E-state index in [-0.39, 0.29) is 12.0 Å². The summed E-state index contributed by atoms with van der Waals surface area (Å²) in [5.74, 6) is 0.0438. The van der Waals surface area contributed by atoms with E-state index in [9.17, 15) is 4.79 Å². The molecule has 4 heteroatoms. The van der Waals surface area contributed by atoms with Crippen molar-refractivity contribution in [2.45, 2.75) is 51.2 Å². The standard InChI is InChI=1S/C11H22N2O2/c1-9(14)3-6-11(15)13-8-2-7-12-10-4-5-10/h9-10,12,14H,2-8H2,1H3,(H,13,15). The zero-order valence-electron chi connectivity index (χ0n) is 9.46. The molecule has 3 N–H and O–H groups in total. The van der Waals surface area contributed by atoms with Gasteiger partial charge in [0.1, 0.15) is 0 Å². The van der Waals surface area contributed by atoms with Crippen LogP contribution in [0.3, 0.4) is 0 Å². The lowest BCUT2D eigenvalue weighted by atomic mass is 10.2. The van der Waals surface area contributed by atoms with E-state index in [2.05, 4.69) is 10.6 Å². The van der Waals surface area contributed by atoms with Gasteiger partial charge >= 0.3 is 0 Å². The number of aliphatic hydroxyl groups is 1. The van der Waals surface area contributed by atoms with Crippen LogP contribution in [0.15, 0.2) is 0 Å². The van der Waals surface area contributed by atoms with E-state index in [1.807, 2.05) is 0 Å². The van der Waals surface area contributed by atoms with E-state index in [4.69, 9.17) is 5.11 Å². The average molecular weight is 214 g/mol. The lowest BCUT2D eigenvalue weighted by Gasteiger charge is -2.06. The fourth-order valence-electron chi connectivity index (χ4n) is 1.34. The quantitative estimate of drug-likeness (QED) is 0.513. The maximum Gasteiger partial charge on any atom is 0.220 e. The highest BCUT2D eigenvalue weighted by atomic mass is 16.3. The maximum absolute atomic E-state index is 11.2. The first-order chi connectivity index (χ1) is 7.18. The van der Waals surface area contributed by atoms with E-state index >= 15 is 0 Å². The lowest BCUT2D eigenvalue weighted by molar-refractivity contribution is -0.121. The smallest absolute Gasteiger partial charge is 0.220 e. The minimum atomic E-state index is -0.382. The van der Waals surface area contributed by atoms with Crippen molar-refractivity contribution in [3.63, 3.8) is 0 Å². The molecule has 0 spiro atoms. The third-order valence-electron chi connectivity index (χ3n) is 2.48. The molecule has 0 heterocycles. The number of hydrogen-bond donors (Lipinski definition) is 3. The van der Waals surface area contributed by atoms with E-state index in [1.54, 1.807) is 6.92 Å². The minimum Gasteiger partial charge on any atom is -0.393 e. The Morgan fingerprint density at radius 3 is 2.80 bits per heavy atom. The van der Waals surface area contributed by atoms with Crippen LogP contribution in [0, 0.1) is 0 Å². The Kier molecular flexibility index (Phi) is 5.65. The summed E-state index contributed by atoms with van der Waals surface area (Å²) in [5.41, 5.74) is 0. The molecule has 4 nitrogen and oxygen atoms in total. The molecule has 1 aliphatic rings. The van der Waals surface area contributed by atoms with Crippen LogP contribution < -0.4 is 10.6 Å². The van der Waals surface area contributed by atoms with Crippen LogP contribution >= 0.6 is 0 Å². The molecule has 15 heavy (non-hydrogen) atoms. The second-order valence-electron chi connectivity index (χ2n) is 4.32. The van der Waals surface area contributed by atoms with E-state index in [0.717, 1.165) is 25.6 Å². The van der Waals surface area contributed by atoms with Gasteiger partial charge in [-0.25, -0.2) is 0 Å². The van der Waals surface area contributed by atoms with Crippen molar-refractivity contribution in [1.29, 1.82) is 0 Å². The summed E-state index contributed by atoms with van der Waals surface area (Å²) < 4.78 is 0. The number of carbonyl (C=O) groups is 1. The summed E-state index contributed by atoms with van der Waals surface area (Å²) in [6.07, 6.45) is 4.19. The molecule has 0 aromatic carbocycles. The summed E-state index contributed by atoms with van der Waals surface area (Å²) >= 11 is 0. The molecule has 0 aromatic heterocycles. The molecule has 0 saturated heterocycles. The maximum atomic E-state index is 11.2. The molecule has 0 aromatic rings. The first-order valence-corrected chi connectivity index (χ1v) is 5.86. The zero-order chi connectivity index (χ0) is 11.1. The van der Waals surface area contributed by atoms with Gasteiger partial charge in [-0.1, -0.05) is 0 Å². The predicted molar refractivity (Wildman–Crippen MR) is 59.6 cm³/mol. The Bertz CT molecular complexity index is 191. The van der Waals surface area contributed by atoms with Gasteiger partial charge in [0, 0.05) is 19.0 Å². The fraction of sp³-hybridized carbons (Fsp3) is 0.909. The minimum absolute atomic E-state index is 0.0438. The van der Waals surface area contributed by atoms with Crippen molar-refractivity contribution < 1.29 is 9.90 Å². The Labute approximate surface area is 91.4 Å². The van der Waals surface area contributed by atoms with Gasteiger partial charge in [0.2, 0.25) is 5.91 Å². The molecule has 88 valence electrons. The van der Waals surface area contributed by atoms with Gasteiger partial charge < -0.3 is 15.7 Å². The molecule has 1 fully saturated rings. The van der Waals surface area contributed by atoms with Crippen molar-refractivity contribution in [3.8, 4) is 0 Å². The third-order valence-corrected chi connectivity index (χ3v) is 2.48. The molecular formula is C11H22N2O2. The van der Waals surface area contributed by atoms with Crippen molar-refractivity contribution >= 4 is 5.91 Å². The first kappa shape index (κ1) is 12.5. The van der Waals surface area contributed by atoms with E-state index < -0.39 is 0 Å². The Morgan fingerprint density at radius 1 is 1.47 bits per heavy atom. The number of amides is 1. The van der Waals surface area contributed by atoms with Gasteiger partial charge in [-0.2, -0.15) is 0 Å². The predicted octanol–water partition coefficient (Wildman–Crippen LogP) is 0.406. The number of nitrogens with one attached hydrogen (secondary N) is 2. The topological polar surface area (TPSA) is 61.4 Å². The summed E-state index contributed by atoms with van der Waals surface area (Å²) in [5, 5.41) is 15.2. The van der Waals surface area contributed by atoms with Crippen molar-refractivity contribution in [2.24, 2.45) is 0 Å². The summed E-state index contributed by atoms with van der Waals surface area (Å²) in [7, 11) is 0. The molecular weight excluding hydrogens is 192 g/mol. The van der Waals surface area contributed by atoms with Crippen LogP contribution in [0.1, 0.15) is 39.0 Å². The van der Waals surface area contributed by atoms with Crippen LogP contribution in [-0.2, 0) is 4.79 Å². The number of aliphatic hydroxyl groups excluding tert-OH is 1. The SMILES string of the molecule is CC(O)CCC(=O)NCCCNC1CC1. The van der Waals surface area contributed by atoms with Crippen LogP contribution in [0.4, 0.5) is 0 Å². The molecule has 0 bridgehead atoms. The van der Waals surface area contributed by atoms with Crippen LogP contribution in [0.5, 0.6) is 0 Å². The highest BCUT2D eigenvalue weighted by Crippen LogP contribution is 2.18. The number of hydrogen-bond acceptors (Lipinski definition) is 3. The molecule has 1 rings (SSSR count). The van der Waals surface area contributed by atoms with Crippen molar-refractivity contribution in [1.82, 2.24) is 10.6 Å². The lowest BCUT2D eigenvalue weighted by Crippen LogP contribution is -2.28. The van der Waals surface area contributed by atoms with E-state index in [1.165, 1.54) is 12.8 Å². The summed E-state index contributed by atoms with van der Waals surface area (Å²) in [4.78, 5) is 11.2. The molecule has 1 saturated carbocycles. The van der Waals surface area contributed by atoms with Crippen LogP contribution in [0.2, 0.25) is 0 Å². The molecule has 1 aliphatic carbocycles. The molecule has 1 atom stereocenters. The summed E-state index contributed by atoms with van der Waals surface area (Å²) in [6, 6.07) is 0.746. The van der Waals surface area contributed by atoms with Gasteiger partial charge in [0.05, 0.1) is 6.10 Å². The highest BCUT2D eigenvalue weighted by molar-refractivity contribution is 5.75. The highest BCUT2D eigenvalue weighted by Gasteiger charge is 2.19. The first-order valence-electron chi connectivity index (χ1n) is 5.86. The molecule has 0 aliphatic heterocycles. The molecule has 1 amide bonds. The largest absolute Gasteiger partial charge is 0.393 e. The van der Waals surface area contributed by atoms with E-state index in [0.29, 0.717) is 12.8 Å². The Morgan fingerprint density at radius 2 is 2.20 bits per heavy atom. The fourth-order valence-corrected chi connectivity index (χ4v) is 1.34. The van der Waals surface area contributed by atoms with Gasteiger partial charge in [0.15, 0.2) is 0 Å². The second kappa shape index (κ2) is 6.80. The van der Waals surface area contributed by atoms with Crippen LogP contribution in [0.25, 0.3) is 0 Å². The zero-order valence-corrected chi connectivity index (χ0v) is 9.46. The number of rotatable bonds is 8. The number of carbonyl (C=O) groups excluding carboxylic acids is 1. The van der Waals surface area contributed by atoms with Gasteiger partial charge in [0.25, 0.3) is 0 Å². The third kappa shape index (κ3) is 7.33.